The van der Waals surface area contributed by atoms with Gasteiger partial charge in [0.05, 0.1) is 18.8 Å². The normalized spacial score (nSPS) is 8.78. The number of amides is 4. The molecule has 3 N–H and O–H groups in total. The van der Waals surface area contributed by atoms with Gasteiger partial charge in [-0.3, -0.25) is 0 Å². The van der Waals surface area contributed by atoms with Gasteiger partial charge in [0.25, 0.3) is 0 Å². The zero-order chi connectivity index (χ0) is 17.7. The molecule has 0 saturated carbocycles. The number of urea groups is 1. The van der Waals surface area contributed by atoms with E-state index in [1.165, 1.54) is 0 Å². The SMILES string of the molecule is CCOC(=O)NC(=O)NC(=O)OCC.O=C(O)c1ccccc1. The molecule has 1 aromatic rings. The van der Waals surface area contributed by atoms with Crippen LogP contribution in [0.4, 0.5) is 14.4 Å². The summed E-state index contributed by atoms with van der Waals surface area (Å²) in [4.78, 5) is 42.3. The van der Waals surface area contributed by atoms with Crippen molar-refractivity contribution in [2.45, 2.75) is 13.8 Å². The smallest absolute Gasteiger partial charge is 0.415 e. The number of imide groups is 2. The van der Waals surface area contributed by atoms with E-state index in [0.29, 0.717) is 5.56 Å². The van der Waals surface area contributed by atoms with Crippen molar-refractivity contribution >= 4 is 24.2 Å². The second-order valence-corrected chi connectivity index (χ2v) is 3.69. The molecule has 0 fully saturated rings. The second-order valence-electron chi connectivity index (χ2n) is 3.69. The van der Waals surface area contributed by atoms with Crippen molar-refractivity contribution in [1.29, 1.82) is 0 Å². The molecule has 4 amide bonds. The van der Waals surface area contributed by atoms with Gasteiger partial charge in [0.1, 0.15) is 0 Å². The first-order valence-electron chi connectivity index (χ1n) is 6.60. The van der Waals surface area contributed by atoms with E-state index in [-0.39, 0.29) is 13.2 Å². The maximum atomic E-state index is 10.8. The van der Waals surface area contributed by atoms with Gasteiger partial charge < -0.3 is 14.6 Å². The van der Waals surface area contributed by atoms with Crippen molar-refractivity contribution < 1.29 is 33.8 Å². The Bertz CT molecular complexity index is 509. The molecule has 126 valence electrons. The molecule has 1 rings (SSSR count). The highest BCUT2D eigenvalue weighted by molar-refractivity contribution is 5.98. The van der Waals surface area contributed by atoms with Crippen LogP contribution in [0, 0.1) is 0 Å². The number of benzene rings is 1. The van der Waals surface area contributed by atoms with Crippen LogP contribution in [0.5, 0.6) is 0 Å². The van der Waals surface area contributed by atoms with E-state index in [0.717, 1.165) is 0 Å². The highest BCUT2D eigenvalue weighted by atomic mass is 16.6. The quantitative estimate of drug-likeness (QED) is 0.774. The Morgan fingerprint density at radius 2 is 1.35 bits per heavy atom. The van der Waals surface area contributed by atoms with Crippen molar-refractivity contribution in [2.75, 3.05) is 13.2 Å². The minimum Gasteiger partial charge on any atom is -0.478 e. The first-order chi connectivity index (χ1) is 10.9. The Morgan fingerprint density at radius 1 is 0.913 bits per heavy atom. The minimum absolute atomic E-state index is 0.137. The zero-order valence-corrected chi connectivity index (χ0v) is 12.7. The van der Waals surface area contributed by atoms with Gasteiger partial charge in [-0.05, 0) is 26.0 Å². The summed E-state index contributed by atoms with van der Waals surface area (Å²) in [6.45, 7) is 3.45. The van der Waals surface area contributed by atoms with Crippen LogP contribution in [0.2, 0.25) is 0 Å². The highest BCUT2D eigenvalue weighted by Gasteiger charge is 2.11. The molecular formula is C14H18N2O7. The number of carbonyl (C=O) groups excluding carboxylic acids is 3. The van der Waals surface area contributed by atoms with E-state index >= 15 is 0 Å². The summed E-state index contributed by atoms with van der Waals surface area (Å²) in [5, 5.41) is 11.9. The van der Waals surface area contributed by atoms with Gasteiger partial charge in [-0.25, -0.2) is 29.8 Å². The average molecular weight is 326 g/mol. The average Bonchev–Trinajstić information content (AvgIpc) is 2.48. The van der Waals surface area contributed by atoms with Gasteiger partial charge in [-0.2, -0.15) is 0 Å². The highest BCUT2D eigenvalue weighted by Crippen LogP contribution is 1.96. The van der Waals surface area contributed by atoms with Gasteiger partial charge in [-0.1, -0.05) is 18.2 Å². The molecule has 0 saturated heterocycles. The minimum atomic E-state index is -0.984. The van der Waals surface area contributed by atoms with Crippen LogP contribution >= 0.6 is 0 Å². The number of hydrogen-bond donors (Lipinski definition) is 3. The monoisotopic (exact) mass is 326 g/mol. The Hall–Kier alpha value is -3.10. The fourth-order valence-corrected chi connectivity index (χ4v) is 1.13. The molecule has 0 aliphatic rings. The van der Waals surface area contributed by atoms with E-state index in [1.807, 2.05) is 0 Å². The number of aromatic carboxylic acids is 1. The lowest BCUT2D eigenvalue weighted by molar-refractivity contribution is 0.0696. The summed E-state index contributed by atoms with van der Waals surface area (Å²) < 4.78 is 8.78. The molecule has 0 radical (unpaired) electrons. The third kappa shape index (κ3) is 10.3. The van der Waals surface area contributed by atoms with E-state index in [4.69, 9.17) is 5.11 Å². The Kier molecular flexibility index (Phi) is 9.99. The van der Waals surface area contributed by atoms with Crippen LogP contribution in [0.1, 0.15) is 24.2 Å². The molecule has 0 heterocycles. The molecule has 0 aliphatic heterocycles. The van der Waals surface area contributed by atoms with E-state index < -0.39 is 24.2 Å². The maximum Gasteiger partial charge on any atom is 0.415 e. The predicted molar refractivity (Wildman–Crippen MR) is 79.1 cm³/mol. The number of alkyl carbamates (subject to hydrolysis) is 2. The first kappa shape index (κ1) is 19.9. The zero-order valence-electron chi connectivity index (χ0n) is 12.7. The topological polar surface area (TPSA) is 131 Å². The molecule has 23 heavy (non-hydrogen) atoms. The molecule has 9 nitrogen and oxygen atoms in total. The van der Waals surface area contributed by atoms with Crippen molar-refractivity contribution in [3.05, 3.63) is 35.9 Å². The molecular weight excluding hydrogens is 308 g/mol. The second kappa shape index (κ2) is 11.5. The standard InChI is InChI=1S/C7H12N2O5.C7H6O2/c1-3-13-6(11)8-5(10)9-7(12)14-4-2;8-7(9)6-4-2-1-3-5-6/h3-4H2,1-2H3,(H2,8,9,10,11,12);1-5H,(H,8,9). The molecule has 1 aromatic carbocycles. The Morgan fingerprint density at radius 3 is 1.65 bits per heavy atom. The Balaban J connectivity index is 0.000000459. The van der Waals surface area contributed by atoms with Crippen molar-refractivity contribution in [1.82, 2.24) is 10.6 Å². The van der Waals surface area contributed by atoms with Crippen LogP contribution in [0.15, 0.2) is 30.3 Å². The number of rotatable bonds is 3. The van der Waals surface area contributed by atoms with Crippen molar-refractivity contribution in [3.8, 4) is 0 Å². The number of hydrogen-bond acceptors (Lipinski definition) is 6. The molecule has 0 aliphatic carbocycles. The molecule has 0 atom stereocenters. The summed E-state index contributed by atoms with van der Waals surface area (Å²) in [6, 6.07) is 7.31. The largest absolute Gasteiger partial charge is 0.478 e. The van der Waals surface area contributed by atoms with Crippen LogP contribution < -0.4 is 10.6 Å². The summed E-state index contributed by atoms with van der Waals surface area (Å²) in [6.07, 6.45) is -1.84. The van der Waals surface area contributed by atoms with E-state index in [9.17, 15) is 19.2 Å². The van der Waals surface area contributed by atoms with Crippen molar-refractivity contribution in [3.63, 3.8) is 0 Å². The summed E-state index contributed by atoms with van der Waals surface area (Å²) in [5.41, 5.74) is 0.331. The summed E-state index contributed by atoms with van der Waals surface area (Å²) >= 11 is 0. The van der Waals surface area contributed by atoms with Crippen LogP contribution in [-0.4, -0.2) is 42.5 Å². The van der Waals surface area contributed by atoms with Gasteiger partial charge in [0.2, 0.25) is 0 Å². The van der Waals surface area contributed by atoms with Crippen molar-refractivity contribution in [2.24, 2.45) is 0 Å². The number of carbonyl (C=O) groups is 4. The van der Waals surface area contributed by atoms with Crippen LogP contribution in [0.3, 0.4) is 0 Å². The summed E-state index contributed by atoms with van der Waals surface area (Å²) in [5.74, 6) is -0.879. The number of carboxylic acids is 1. The van der Waals surface area contributed by atoms with Gasteiger partial charge in [0, 0.05) is 0 Å². The third-order valence-electron chi connectivity index (χ3n) is 2.00. The number of ether oxygens (including phenoxy) is 2. The predicted octanol–water partition coefficient (Wildman–Crippen LogP) is 1.98. The Labute approximate surface area is 132 Å². The summed E-state index contributed by atoms with van der Waals surface area (Å²) in [7, 11) is 0. The molecule has 0 spiro atoms. The van der Waals surface area contributed by atoms with Gasteiger partial charge >= 0.3 is 24.2 Å². The third-order valence-corrected chi connectivity index (χ3v) is 2.00. The fourth-order valence-electron chi connectivity index (χ4n) is 1.13. The lowest BCUT2D eigenvalue weighted by Crippen LogP contribution is -2.42. The number of nitrogens with one attached hydrogen (secondary N) is 2. The lowest BCUT2D eigenvalue weighted by atomic mass is 10.2. The lowest BCUT2D eigenvalue weighted by Gasteiger charge is -2.04. The van der Waals surface area contributed by atoms with E-state index in [1.54, 1.807) is 54.8 Å². The maximum absolute atomic E-state index is 10.8. The van der Waals surface area contributed by atoms with Crippen LogP contribution in [0.25, 0.3) is 0 Å². The van der Waals surface area contributed by atoms with E-state index in [2.05, 4.69) is 9.47 Å². The molecule has 0 bridgehead atoms. The fraction of sp³-hybridized carbons (Fsp3) is 0.286. The van der Waals surface area contributed by atoms with Gasteiger partial charge in [-0.15, -0.1) is 0 Å². The van der Waals surface area contributed by atoms with Crippen LogP contribution in [-0.2, 0) is 9.47 Å². The molecule has 0 unspecified atom stereocenters. The van der Waals surface area contributed by atoms with Gasteiger partial charge in [0.15, 0.2) is 0 Å². The first-order valence-corrected chi connectivity index (χ1v) is 6.60. The molecule has 0 aromatic heterocycles. The number of carboxylic acid groups (broad SMARTS) is 1. The molecule has 9 heteroatoms.